The molecule has 0 amide bonds. The molecule has 2 aliphatic heterocycles. The van der Waals surface area contributed by atoms with Crippen molar-refractivity contribution in [1.29, 1.82) is 0 Å². The van der Waals surface area contributed by atoms with Gasteiger partial charge in [0.05, 0.1) is 0 Å². The van der Waals surface area contributed by atoms with Crippen molar-refractivity contribution in [1.82, 2.24) is 9.80 Å². The van der Waals surface area contributed by atoms with Gasteiger partial charge in [0.25, 0.3) is 0 Å². The third-order valence-corrected chi connectivity index (χ3v) is 48.3. The molecule has 30 unspecified atom stereocenters. The van der Waals surface area contributed by atoms with Gasteiger partial charge in [-0.25, -0.2) is 0 Å². The first-order valence-electron chi connectivity index (χ1n) is 57.7. The van der Waals surface area contributed by atoms with E-state index in [-0.39, 0.29) is 0 Å². The molecule has 19 saturated carbocycles. The van der Waals surface area contributed by atoms with Crippen LogP contribution in [0.5, 0.6) is 0 Å². The minimum atomic E-state index is 0.324. The van der Waals surface area contributed by atoms with Gasteiger partial charge in [0.15, 0.2) is 6.71 Å². The van der Waals surface area contributed by atoms with Gasteiger partial charge < -0.3 is 0 Å². The second-order valence-corrected chi connectivity index (χ2v) is 58.1. The lowest BCUT2D eigenvalue weighted by Crippen LogP contribution is -2.77. The van der Waals surface area contributed by atoms with E-state index in [9.17, 15) is 0 Å². The molecule has 2 saturated heterocycles. The normalized spacial score (nSPS) is 49.5. The molecule has 0 N–H and O–H groups in total. The minimum Gasteiger partial charge on any atom is -0.295 e. The van der Waals surface area contributed by atoms with E-state index < -0.39 is 0 Å². The standard InChI is InChI=1S/C118H199BN2/c1-114(2,3)88-54-80-46-48-82-56-90(116(7,8)9)68-99-93(64-86(58-88)107(80)109(82)99)78-50-52-103-101(66-78)119-102-67-79(94-65-87-59-89(115(4,5)6)55-81-47-49-83-57-91(117(10,11)12)69-100(94)110(83)108(81)87)51-53-104(102)121(113-97(76-42-30-20-31-43-76)62-85(73-36-24-17-25-37-73)63-98(113)77-44-32-21-33-45-77)106-71-92(118(13,14)15)70-105(111(106)119)120(103)112-95(74-38-26-18-27-39-74)60-84(72-34-22-16-23-35-72)61-96(112)75-40-28-19-29-41-75/h72-113H,16-71H2,1-15H3. The predicted molar refractivity (Wildman–Crippen MR) is 514 cm³/mol. The molecule has 19 aliphatic carbocycles. The summed E-state index contributed by atoms with van der Waals surface area (Å²) in [6.07, 6.45) is 89.0. The highest BCUT2D eigenvalue weighted by atomic mass is 15.3. The van der Waals surface area contributed by atoms with Gasteiger partial charge in [-0.05, 0) is 394 Å². The van der Waals surface area contributed by atoms with Crippen LogP contribution < -0.4 is 0 Å². The monoisotopic (exact) mass is 1660 g/mol. The first-order chi connectivity index (χ1) is 58.1. The third-order valence-electron chi connectivity index (χ3n) is 48.3. The van der Waals surface area contributed by atoms with Gasteiger partial charge in [-0.3, -0.25) is 9.80 Å². The Morgan fingerprint density at radius 1 is 0.174 bits per heavy atom. The zero-order valence-electron chi connectivity index (χ0n) is 82.8. The maximum Gasteiger partial charge on any atom is 0.156 e. The van der Waals surface area contributed by atoms with Crippen LogP contribution in [0, 0.1) is 222 Å². The number of rotatable bonds is 10. The largest absolute Gasteiger partial charge is 0.295 e. The molecule has 21 fully saturated rings. The fraction of sp³-hybridized carbons (Fsp3) is 1.00. The Bertz CT molecular complexity index is 3110. The van der Waals surface area contributed by atoms with Gasteiger partial charge in [0.1, 0.15) is 0 Å². The maximum absolute atomic E-state index is 4.06. The molecule has 0 spiro atoms. The number of hydrogen-bond acceptors (Lipinski definition) is 2. The summed E-state index contributed by atoms with van der Waals surface area (Å²) < 4.78 is 0. The quantitative estimate of drug-likeness (QED) is 0.201. The van der Waals surface area contributed by atoms with Crippen LogP contribution in [0.25, 0.3) is 0 Å². The summed E-state index contributed by atoms with van der Waals surface area (Å²) in [5.74, 6) is 35.0. The molecular weight excluding hydrogens is 1460 g/mol. The van der Waals surface area contributed by atoms with Gasteiger partial charge >= 0.3 is 0 Å². The molecule has 0 aromatic carbocycles. The summed E-state index contributed by atoms with van der Waals surface area (Å²) in [5, 5.41) is 0. The first kappa shape index (κ1) is 87.6. The average Bonchev–Trinajstić information content (AvgIpc) is 0.682. The van der Waals surface area contributed by atoms with E-state index in [4.69, 9.17) is 0 Å². The second kappa shape index (κ2) is 34.8. The fourth-order valence-corrected chi connectivity index (χ4v) is 42.9. The van der Waals surface area contributed by atoms with Crippen molar-refractivity contribution in [3.05, 3.63) is 0 Å². The molecule has 0 aromatic heterocycles. The highest BCUT2D eigenvalue weighted by Gasteiger charge is 2.72. The van der Waals surface area contributed by atoms with Gasteiger partial charge in [-0.2, -0.15) is 0 Å². The lowest BCUT2D eigenvalue weighted by Gasteiger charge is -2.73. The van der Waals surface area contributed by atoms with E-state index in [0.717, 1.165) is 256 Å². The average molecular weight is 1660 g/mol. The van der Waals surface area contributed by atoms with Crippen molar-refractivity contribution in [2.75, 3.05) is 0 Å². The molecule has 0 bridgehead atoms. The van der Waals surface area contributed by atoms with Gasteiger partial charge in [0, 0.05) is 36.3 Å². The summed E-state index contributed by atoms with van der Waals surface area (Å²) in [5.41, 5.74) is 2.03. The van der Waals surface area contributed by atoms with Gasteiger partial charge in [-0.1, -0.05) is 309 Å². The van der Waals surface area contributed by atoms with Gasteiger partial charge in [0.2, 0.25) is 0 Å². The van der Waals surface area contributed by atoms with Crippen molar-refractivity contribution >= 4 is 6.71 Å². The summed E-state index contributed by atoms with van der Waals surface area (Å²) in [7, 11) is 0. The number of fused-ring (bicyclic) bond motifs is 4. The molecule has 30 atom stereocenters. The predicted octanol–water partition coefficient (Wildman–Crippen LogP) is 33.1. The molecular formula is C118H199BN2. The van der Waals surface area contributed by atoms with Crippen LogP contribution in [-0.2, 0) is 0 Å². The molecule has 0 radical (unpaired) electrons. The Balaban J connectivity index is 0.764. The molecule has 21 aliphatic rings. The van der Waals surface area contributed by atoms with E-state index in [1.165, 1.54) is 38.5 Å². The molecule has 121 heavy (non-hydrogen) atoms. The third kappa shape index (κ3) is 16.5. The first-order valence-corrected chi connectivity index (χ1v) is 57.7. The van der Waals surface area contributed by atoms with Crippen molar-refractivity contribution in [2.24, 2.45) is 222 Å². The summed E-state index contributed by atoms with van der Waals surface area (Å²) in [6.45, 7) is 42.5. The SMILES string of the molecule is CC(C)(C)C1CC2CCC3CC(C(C)(C)C)CC4C(C5CCC6C(C5)B5C7CC(C8CC9CC(C(C)(C)C)CC%10CCC%11CC(C(C)(C)C)CC8C%11C%109)CCC7N(C7C(C8CCCCC8)CC(C8CCCCC8)CC7C7CCCCC7)C7CC(C(C)(C)C)CC(C57)N6C5C(C6CCCCC6)CC(C6CCCCC6)CC5C5CCCCC5)CC(C1)C2C34. The van der Waals surface area contributed by atoms with Crippen molar-refractivity contribution in [3.63, 3.8) is 0 Å². The summed E-state index contributed by atoms with van der Waals surface area (Å²) in [6, 6.07) is 4.92. The molecule has 2 heterocycles. The minimum absolute atomic E-state index is 0.324. The van der Waals surface area contributed by atoms with Crippen LogP contribution in [0.3, 0.4) is 0 Å². The van der Waals surface area contributed by atoms with Crippen LogP contribution in [0.2, 0.25) is 17.5 Å². The maximum atomic E-state index is 4.06. The van der Waals surface area contributed by atoms with Crippen molar-refractivity contribution in [3.8, 4) is 0 Å². The van der Waals surface area contributed by atoms with Gasteiger partial charge in [-0.15, -0.1) is 0 Å². The van der Waals surface area contributed by atoms with Crippen LogP contribution >= 0.6 is 0 Å². The Hall–Kier alpha value is -0.0151. The van der Waals surface area contributed by atoms with Crippen LogP contribution in [0.4, 0.5) is 0 Å². The lowest BCUT2D eigenvalue weighted by atomic mass is 9.17. The molecule has 2 nitrogen and oxygen atoms in total. The summed E-state index contributed by atoms with van der Waals surface area (Å²) >= 11 is 0. The number of hydrogen-bond donors (Lipinski definition) is 0. The highest BCUT2D eigenvalue weighted by Crippen LogP contribution is 2.75. The Morgan fingerprint density at radius 3 is 0.719 bits per heavy atom. The second-order valence-electron chi connectivity index (χ2n) is 58.1. The summed E-state index contributed by atoms with van der Waals surface area (Å²) in [4.78, 5) is 8.12. The molecule has 684 valence electrons. The molecule has 3 heteroatoms. The highest BCUT2D eigenvalue weighted by molar-refractivity contribution is 6.65. The van der Waals surface area contributed by atoms with E-state index in [1.807, 2.05) is 0 Å². The van der Waals surface area contributed by atoms with Crippen molar-refractivity contribution in [2.45, 2.75) is 517 Å². The molecule has 0 aromatic rings. The van der Waals surface area contributed by atoms with Crippen LogP contribution in [0.1, 0.15) is 463 Å². The van der Waals surface area contributed by atoms with E-state index in [1.54, 1.807) is 321 Å². The Labute approximate surface area is 751 Å². The Morgan fingerprint density at radius 2 is 0.421 bits per heavy atom. The molecule has 21 rings (SSSR count). The fourth-order valence-electron chi connectivity index (χ4n) is 42.9. The number of nitrogens with zero attached hydrogens (tertiary/aromatic N) is 2. The van der Waals surface area contributed by atoms with Crippen LogP contribution in [-0.4, -0.2) is 52.8 Å². The zero-order chi connectivity index (χ0) is 83.1. The van der Waals surface area contributed by atoms with Crippen LogP contribution in [0.15, 0.2) is 0 Å². The topological polar surface area (TPSA) is 6.48 Å². The van der Waals surface area contributed by atoms with E-state index in [2.05, 4.69) is 114 Å². The smallest absolute Gasteiger partial charge is 0.156 e. The van der Waals surface area contributed by atoms with E-state index >= 15 is 0 Å². The lowest BCUT2D eigenvalue weighted by molar-refractivity contribution is -0.162. The Kier molecular flexibility index (Phi) is 25.2. The zero-order valence-corrected chi connectivity index (χ0v) is 82.8. The van der Waals surface area contributed by atoms with E-state index in [0.29, 0.717) is 27.1 Å². The van der Waals surface area contributed by atoms with Crippen molar-refractivity contribution < 1.29 is 0 Å².